The Morgan fingerprint density at radius 1 is 0.931 bits per heavy atom. The lowest BCUT2D eigenvalue weighted by molar-refractivity contribution is 0.591. The summed E-state index contributed by atoms with van der Waals surface area (Å²) in [5.41, 5.74) is 1.21. The van der Waals surface area contributed by atoms with Crippen LogP contribution in [0.4, 0.5) is 5.69 Å². The number of rotatable bonds is 6. The van der Waals surface area contributed by atoms with Crippen molar-refractivity contribution in [1.29, 1.82) is 0 Å². The standard InChI is InChI=1S/C18H15Cl2N3O4S2/c1-2-28(24,25)18-9-8-16(21-22-18)12-4-3-5-14(10-12)23-29(26,27)17-11-13(19)6-7-15(17)20/h3-11,23H,2H2,1H3. The van der Waals surface area contributed by atoms with Gasteiger partial charge in [0.2, 0.25) is 0 Å². The predicted octanol–water partition coefficient (Wildman–Crippen LogP) is 4.04. The molecule has 0 amide bonds. The van der Waals surface area contributed by atoms with Crippen LogP contribution in [0.15, 0.2) is 64.5 Å². The summed E-state index contributed by atoms with van der Waals surface area (Å²) in [6, 6.07) is 13.5. The van der Waals surface area contributed by atoms with E-state index in [4.69, 9.17) is 23.2 Å². The predicted molar refractivity (Wildman–Crippen MR) is 112 cm³/mol. The van der Waals surface area contributed by atoms with E-state index in [0.29, 0.717) is 11.3 Å². The summed E-state index contributed by atoms with van der Waals surface area (Å²) in [5, 5.41) is 7.86. The van der Waals surface area contributed by atoms with Gasteiger partial charge in [-0.2, -0.15) is 0 Å². The van der Waals surface area contributed by atoms with E-state index in [1.54, 1.807) is 24.3 Å². The number of benzene rings is 2. The molecule has 3 aromatic rings. The molecule has 3 rings (SSSR count). The van der Waals surface area contributed by atoms with Crippen LogP contribution in [0.2, 0.25) is 10.0 Å². The van der Waals surface area contributed by atoms with Crippen LogP contribution in [0, 0.1) is 0 Å². The fourth-order valence-electron chi connectivity index (χ4n) is 2.42. The maximum Gasteiger partial charge on any atom is 0.263 e. The van der Waals surface area contributed by atoms with Crippen LogP contribution in [0.5, 0.6) is 0 Å². The maximum absolute atomic E-state index is 12.7. The number of hydrogen-bond donors (Lipinski definition) is 1. The molecule has 0 spiro atoms. The van der Waals surface area contributed by atoms with Gasteiger partial charge in [-0.15, -0.1) is 10.2 Å². The molecule has 152 valence electrons. The first-order valence-corrected chi connectivity index (χ1v) is 12.2. The number of aromatic nitrogens is 2. The van der Waals surface area contributed by atoms with Crippen LogP contribution < -0.4 is 4.72 Å². The van der Waals surface area contributed by atoms with E-state index < -0.39 is 19.9 Å². The molecule has 0 bridgehead atoms. The van der Waals surface area contributed by atoms with Crippen molar-refractivity contribution in [2.45, 2.75) is 16.8 Å². The maximum atomic E-state index is 12.7. The summed E-state index contributed by atoms with van der Waals surface area (Å²) in [4.78, 5) is -0.147. The Morgan fingerprint density at radius 2 is 1.69 bits per heavy atom. The van der Waals surface area contributed by atoms with Crippen molar-refractivity contribution in [3.8, 4) is 11.3 Å². The van der Waals surface area contributed by atoms with Crippen LogP contribution in [0.25, 0.3) is 11.3 Å². The summed E-state index contributed by atoms with van der Waals surface area (Å²) in [7, 11) is -7.43. The average molecular weight is 472 g/mol. The van der Waals surface area contributed by atoms with Crippen LogP contribution >= 0.6 is 23.2 Å². The summed E-state index contributed by atoms with van der Waals surface area (Å²) in [5.74, 6) is -0.0790. The highest BCUT2D eigenvalue weighted by Gasteiger charge is 2.19. The molecule has 2 aromatic carbocycles. The first-order valence-electron chi connectivity index (χ1n) is 8.27. The van der Waals surface area contributed by atoms with Crippen LogP contribution in [-0.2, 0) is 19.9 Å². The monoisotopic (exact) mass is 471 g/mol. The van der Waals surface area contributed by atoms with Crippen molar-refractivity contribution in [1.82, 2.24) is 10.2 Å². The van der Waals surface area contributed by atoms with Gasteiger partial charge in [0.1, 0.15) is 4.90 Å². The fraction of sp³-hybridized carbons (Fsp3) is 0.111. The SMILES string of the molecule is CCS(=O)(=O)c1ccc(-c2cccc(NS(=O)(=O)c3cc(Cl)ccc3Cl)c2)nn1. The Morgan fingerprint density at radius 3 is 2.34 bits per heavy atom. The molecule has 11 heteroatoms. The lowest BCUT2D eigenvalue weighted by Gasteiger charge is -2.11. The Kier molecular flexibility index (Phi) is 6.13. The Bertz CT molecular complexity index is 1260. The quantitative estimate of drug-likeness (QED) is 0.581. The van der Waals surface area contributed by atoms with Gasteiger partial charge in [0.05, 0.1) is 16.5 Å². The molecule has 1 N–H and O–H groups in total. The van der Waals surface area contributed by atoms with Crippen LogP contribution in [0.1, 0.15) is 6.92 Å². The largest absolute Gasteiger partial charge is 0.280 e. The van der Waals surface area contributed by atoms with Crippen LogP contribution in [0.3, 0.4) is 0 Å². The van der Waals surface area contributed by atoms with Gasteiger partial charge in [-0.05, 0) is 42.5 Å². The van der Waals surface area contributed by atoms with E-state index in [1.807, 2.05) is 0 Å². The second kappa shape index (κ2) is 8.27. The summed E-state index contributed by atoms with van der Waals surface area (Å²) in [6.07, 6.45) is 0. The van der Waals surface area contributed by atoms with Gasteiger partial charge in [-0.25, -0.2) is 16.8 Å². The van der Waals surface area contributed by atoms with Crippen molar-refractivity contribution in [2.75, 3.05) is 10.5 Å². The number of nitrogens with one attached hydrogen (secondary N) is 1. The van der Waals surface area contributed by atoms with Crippen molar-refractivity contribution in [2.24, 2.45) is 0 Å². The highest BCUT2D eigenvalue weighted by molar-refractivity contribution is 7.92. The summed E-state index contributed by atoms with van der Waals surface area (Å²) >= 11 is 11.9. The number of sulfone groups is 1. The molecule has 0 aliphatic heterocycles. The molecule has 0 fully saturated rings. The molecule has 29 heavy (non-hydrogen) atoms. The van der Waals surface area contributed by atoms with Crippen molar-refractivity contribution >= 4 is 48.7 Å². The topological polar surface area (TPSA) is 106 Å². The average Bonchev–Trinajstić information content (AvgIpc) is 2.69. The minimum atomic E-state index is -3.98. The normalized spacial score (nSPS) is 12.0. The minimum Gasteiger partial charge on any atom is -0.280 e. The van der Waals surface area contributed by atoms with Gasteiger partial charge >= 0.3 is 0 Å². The third-order valence-electron chi connectivity index (χ3n) is 3.93. The molecule has 0 aliphatic rings. The third kappa shape index (κ3) is 4.87. The van der Waals surface area contributed by atoms with E-state index in [1.165, 1.54) is 37.3 Å². The third-order valence-corrected chi connectivity index (χ3v) is 7.65. The Balaban J connectivity index is 1.91. The second-order valence-electron chi connectivity index (χ2n) is 5.92. The lowest BCUT2D eigenvalue weighted by Crippen LogP contribution is -2.13. The fourth-order valence-corrected chi connectivity index (χ4v) is 4.97. The molecule has 7 nitrogen and oxygen atoms in total. The highest BCUT2D eigenvalue weighted by atomic mass is 35.5. The zero-order valence-electron chi connectivity index (χ0n) is 15.0. The van der Waals surface area contributed by atoms with E-state index >= 15 is 0 Å². The number of halogens is 2. The van der Waals surface area contributed by atoms with Gasteiger partial charge in [-0.3, -0.25) is 4.72 Å². The molecule has 0 saturated carbocycles. The van der Waals surface area contributed by atoms with Gasteiger partial charge in [0.15, 0.2) is 14.9 Å². The summed E-state index contributed by atoms with van der Waals surface area (Å²) < 4.78 is 51.5. The van der Waals surface area contributed by atoms with Gasteiger partial charge in [0, 0.05) is 16.3 Å². The molecule has 0 saturated heterocycles. The van der Waals surface area contributed by atoms with E-state index in [9.17, 15) is 16.8 Å². The smallest absolute Gasteiger partial charge is 0.263 e. The minimum absolute atomic E-state index is 0.0386. The van der Waals surface area contributed by atoms with Gasteiger partial charge in [0.25, 0.3) is 10.0 Å². The molecular weight excluding hydrogens is 457 g/mol. The van der Waals surface area contributed by atoms with Gasteiger partial charge in [-0.1, -0.05) is 42.3 Å². The van der Waals surface area contributed by atoms with Crippen molar-refractivity contribution < 1.29 is 16.8 Å². The second-order valence-corrected chi connectivity index (χ2v) is 10.6. The zero-order valence-corrected chi connectivity index (χ0v) is 18.1. The molecule has 0 unspecified atom stereocenters. The molecular formula is C18H15Cl2N3O4S2. The van der Waals surface area contributed by atoms with E-state index in [-0.39, 0.29) is 31.4 Å². The Labute approximate surface area is 178 Å². The van der Waals surface area contributed by atoms with E-state index in [0.717, 1.165) is 0 Å². The molecule has 1 aromatic heterocycles. The molecule has 1 heterocycles. The Hall–Kier alpha value is -2.20. The van der Waals surface area contributed by atoms with Crippen molar-refractivity contribution in [3.63, 3.8) is 0 Å². The number of anilines is 1. The van der Waals surface area contributed by atoms with Crippen LogP contribution in [-0.4, -0.2) is 32.8 Å². The molecule has 0 atom stereocenters. The lowest BCUT2D eigenvalue weighted by atomic mass is 10.1. The number of nitrogens with zero attached hydrogens (tertiary/aromatic N) is 2. The van der Waals surface area contributed by atoms with E-state index in [2.05, 4.69) is 14.9 Å². The number of hydrogen-bond acceptors (Lipinski definition) is 6. The first kappa shape index (κ1) is 21.5. The zero-order chi connectivity index (χ0) is 21.2. The number of sulfonamides is 1. The van der Waals surface area contributed by atoms with Crippen molar-refractivity contribution in [3.05, 3.63) is 64.6 Å². The molecule has 0 aliphatic carbocycles. The van der Waals surface area contributed by atoms with Gasteiger partial charge < -0.3 is 0 Å². The molecule has 0 radical (unpaired) electrons. The highest BCUT2D eigenvalue weighted by Crippen LogP contribution is 2.28. The first-order chi connectivity index (χ1) is 13.6. The summed E-state index contributed by atoms with van der Waals surface area (Å²) in [6.45, 7) is 1.52.